The summed E-state index contributed by atoms with van der Waals surface area (Å²) >= 11 is 3.09. The standard InChI is InChI=1S/C23H20BrF3N4O3/c1-30-12-28-29-20(30)8-22(10-34-11-22)14-3-13(4-16(5-14)33-2)17-7-19-18(23(25,26)27)6-15(24)9-31(19)21(17)32/h3-7,9,12,17H,8,10-11H2,1-2H3. The Morgan fingerprint density at radius 3 is 2.65 bits per heavy atom. The molecule has 3 aliphatic heterocycles. The van der Waals surface area contributed by atoms with Gasteiger partial charge in [0.15, 0.2) is 0 Å². The first-order chi connectivity index (χ1) is 16.1. The van der Waals surface area contributed by atoms with Crippen LogP contribution in [0.25, 0.3) is 0 Å². The van der Waals surface area contributed by atoms with Crippen LogP contribution in [0, 0.1) is 0 Å². The predicted octanol–water partition coefficient (Wildman–Crippen LogP) is 3.88. The van der Waals surface area contributed by atoms with Crippen molar-refractivity contribution >= 4 is 21.8 Å². The lowest BCUT2D eigenvalue weighted by atomic mass is 9.74. The monoisotopic (exact) mass is 536 g/mol. The minimum Gasteiger partial charge on any atom is -0.497 e. The highest BCUT2D eigenvalue weighted by atomic mass is 79.9. The predicted molar refractivity (Wildman–Crippen MR) is 119 cm³/mol. The number of alkyl halides is 3. The van der Waals surface area contributed by atoms with Gasteiger partial charge in [-0.2, -0.15) is 13.2 Å². The highest BCUT2D eigenvalue weighted by Crippen LogP contribution is 2.45. The van der Waals surface area contributed by atoms with Gasteiger partial charge in [-0.25, -0.2) is 0 Å². The second-order valence-electron chi connectivity index (χ2n) is 8.61. The van der Waals surface area contributed by atoms with Crippen LogP contribution in [-0.2, 0) is 28.4 Å². The van der Waals surface area contributed by atoms with Crippen molar-refractivity contribution in [2.24, 2.45) is 7.05 Å². The van der Waals surface area contributed by atoms with Gasteiger partial charge in [0.05, 0.1) is 37.5 Å². The van der Waals surface area contributed by atoms with Crippen LogP contribution >= 0.6 is 15.9 Å². The average molecular weight is 537 g/mol. The summed E-state index contributed by atoms with van der Waals surface area (Å²) < 4.78 is 54.1. The van der Waals surface area contributed by atoms with Crippen molar-refractivity contribution in [3.05, 3.63) is 75.6 Å². The van der Waals surface area contributed by atoms with E-state index in [1.54, 1.807) is 12.4 Å². The molecule has 1 unspecified atom stereocenters. The van der Waals surface area contributed by atoms with Gasteiger partial charge in [0, 0.05) is 29.6 Å². The number of nitrogens with zero attached hydrogens (tertiary/aromatic N) is 4. The fourth-order valence-corrected chi connectivity index (χ4v) is 4.92. The topological polar surface area (TPSA) is 69.5 Å². The largest absolute Gasteiger partial charge is 0.497 e. The molecule has 0 aliphatic carbocycles. The van der Waals surface area contributed by atoms with Gasteiger partial charge in [-0.05, 0) is 51.3 Å². The summed E-state index contributed by atoms with van der Waals surface area (Å²) in [6, 6.07) is 5.42. The molecular formula is C23H20BrF3N4O3. The summed E-state index contributed by atoms with van der Waals surface area (Å²) in [6.07, 6.45) is 1.28. The molecule has 1 saturated heterocycles. The fraction of sp³-hybridized carbons (Fsp3) is 0.348. The lowest BCUT2D eigenvalue weighted by Gasteiger charge is -2.42. The maximum Gasteiger partial charge on any atom is 0.418 e. The Balaban J connectivity index is 1.56. The molecule has 2 aromatic rings. The van der Waals surface area contributed by atoms with Crippen molar-refractivity contribution in [1.29, 1.82) is 0 Å². The zero-order valence-corrected chi connectivity index (χ0v) is 19.9. The summed E-state index contributed by atoms with van der Waals surface area (Å²) in [6.45, 7) is 0.879. The number of amides is 1. The summed E-state index contributed by atoms with van der Waals surface area (Å²) in [5.41, 5.74) is -0.0267. The maximum absolute atomic E-state index is 13.7. The molecule has 1 amide bonds. The number of fused-ring (bicyclic) bond motifs is 1. The third kappa shape index (κ3) is 3.76. The Kier molecular flexibility index (Phi) is 5.44. The van der Waals surface area contributed by atoms with E-state index < -0.39 is 29.0 Å². The highest BCUT2D eigenvalue weighted by Gasteiger charge is 2.46. The van der Waals surface area contributed by atoms with Gasteiger partial charge in [-0.3, -0.25) is 9.69 Å². The number of methoxy groups -OCH3 is 1. The van der Waals surface area contributed by atoms with Crippen molar-refractivity contribution in [3.8, 4) is 5.75 Å². The smallest absolute Gasteiger partial charge is 0.418 e. The molecule has 7 nitrogen and oxygen atoms in total. The van der Waals surface area contributed by atoms with Crippen LogP contribution in [-0.4, -0.2) is 52.1 Å². The van der Waals surface area contributed by atoms with Gasteiger partial charge < -0.3 is 14.0 Å². The van der Waals surface area contributed by atoms with Gasteiger partial charge in [-0.15, -0.1) is 10.2 Å². The molecule has 1 fully saturated rings. The van der Waals surface area contributed by atoms with E-state index in [0.29, 0.717) is 30.9 Å². The number of aryl methyl sites for hydroxylation is 1. The molecule has 0 spiro atoms. The van der Waals surface area contributed by atoms with E-state index in [-0.39, 0.29) is 10.2 Å². The van der Waals surface area contributed by atoms with Crippen molar-refractivity contribution < 1.29 is 27.4 Å². The molecule has 4 heterocycles. The van der Waals surface area contributed by atoms with E-state index in [2.05, 4.69) is 26.1 Å². The number of ether oxygens (including phenoxy) is 2. The van der Waals surface area contributed by atoms with Gasteiger partial charge in [0.1, 0.15) is 17.9 Å². The molecule has 0 N–H and O–H groups in total. The van der Waals surface area contributed by atoms with Crippen LogP contribution in [0.5, 0.6) is 5.75 Å². The molecule has 0 bridgehead atoms. The molecule has 1 aromatic heterocycles. The van der Waals surface area contributed by atoms with E-state index in [1.807, 2.05) is 23.7 Å². The van der Waals surface area contributed by atoms with Crippen molar-refractivity contribution in [2.45, 2.75) is 23.9 Å². The van der Waals surface area contributed by atoms with Crippen LogP contribution in [0.4, 0.5) is 13.2 Å². The van der Waals surface area contributed by atoms with Crippen molar-refractivity contribution in [3.63, 3.8) is 0 Å². The molecular weight excluding hydrogens is 517 g/mol. The number of carbonyl (C=O) groups excluding carboxylic acids is 1. The number of rotatable bonds is 5. The van der Waals surface area contributed by atoms with Crippen LogP contribution in [0.2, 0.25) is 0 Å². The minimum atomic E-state index is -4.60. The Morgan fingerprint density at radius 2 is 2.06 bits per heavy atom. The average Bonchev–Trinajstić information content (AvgIpc) is 3.31. The summed E-state index contributed by atoms with van der Waals surface area (Å²) in [7, 11) is 3.37. The van der Waals surface area contributed by atoms with Crippen LogP contribution in [0.15, 0.2) is 58.6 Å². The number of hydrogen-bond acceptors (Lipinski definition) is 5. The third-order valence-electron chi connectivity index (χ3n) is 6.40. The molecule has 0 saturated carbocycles. The fourth-order valence-electron chi connectivity index (χ4n) is 4.48. The summed E-state index contributed by atoms with van der Waals surface area (Å²) in [5.74, 6) is -0.0692. The second-order valence-corrected chi connectivity index (χ2v) is 9.53. The lowest BCUT2D eigenvalue weighted by molar-refractivity contribution is -0.126. The Bertz CT molecular complexity index is 1260. The minimum absolute atomic E-state index is 0.171. The molecule has 1 atom stereocenters. The second kappa shape index (κ2) is 8.09. The molecule has 1 aromatic carbocycles. The first-order valence-electron chi connectivity index (χ1n) is 10.4. The Morgan fingerprint density at radius 1 is 1.29 bits per heavy atom. The number of hydrogen-bond donors (Lipinski definition) is 0. The van der Waals surface area contributed by atoms with Crippen molar-refractivity contribution in [1.82, 2.24) is 19.7 Å². The number of aromatic nitrogens is 3. The van der Waals surface area contributed by atoms with E-state index in [1.165, 1.54) is 19.4 Å². The van der Waals surface area contributed by atoms with Gasteiger partial charge >= 0.3 is 6.18 Å². The van der Waals surface area contributed by atoms with Crippen LogP contribution < -0.4 is 4.74 Å². The van der Waals surface area contributed by atoms with Crippen molar-refractivity contribution in [2.75, 3.05) is 20.3 Å². The first kappa shape index (κ1) is 22.9. The van der Waals surface area contributed by atoms with E-state index >= 15 is 0 Å². The van der Waals surface area contributed by atoms with Gasteiger partial charge in [0.2, 0.25) is 5.91 Å². The van der Waals surface area contributed by atoms with E-state index in [0.717, 1.165) is 22.4 Å². The number of halogens is 4. The first-order valence-corrected chi connectivity index (χ1v) is 11.2. The van der Waals surface area contributed by atoms with Gasteiger partial charge in [-0.1, -0.05) is 6.07 Å². The molecule has 0 radical (unpaired) electrons. The zero-order valence-electron chi connectivity index (χ0n) is 18.3. The molecule has 178 valence electrons. The Hall–Kier alpha value is -2.92. The molecule has 3 aliphatic rings. The lowest BCUT2D eigenvalue weighted by Crippen LogP contribution is -2.49. The number of allylic oxidation sites excluding steroid dienone is 3. The normalized spacial score (nSPS) is 21.5. The maximum atomic E-state index is 13.7. The molecule has 11 heteroatoms. The van der Waals surface area contributed by atoms with Gasteiger partial charge in [0.25, 0.3) is 0 Å². The SMILES string of the molecule is COc1cc(C2C=C3C(C(F)(F)F)=CC(Br)=CN3C2=O)cc(C2(Cc3nncn3C)COC2)c1. The van der Waals surface area contributed by atoms with E-state index in [4.69, 9.17) is 9.47 Å². The Labute approximate surface area is 201 Å². The number of benzene rings is 1. The van der Waals surface area contributed by atoms with Crippen LogP contribution in [0.1, 0.15) is 22.9 Å². The summed E-state index contributed by atoms with van der Waals surface area (Å²) in [5, 5.41) is 8.12. The molecule has 34 heavy (non-hydrogen) atoms. The highest BCUT2D eigenvalue weighted by molar-refractivity contribution is 9.11. The quantitative estimate of drug-likeness (QED) is 0.580. The summed E-state index contributed by atoms with van der Waals surface area (Å²) in [4.78, 5) is 14.3. The third-order valence-corrected chi connectivity index (χ3v) is 6.83. The van der Waals surface area contributed by atoms with Crippen LogP contribution in [0.3, 0.4) is 0 Å². The number of carbonyl (C=O) groups is 1. The molecule has 5 rings (SSSR count). The zero-order chi connectivity index (χ0) is 24.3. The van der Waals surface area contributed by atoms with E-state index in [9.17, 15) is 18.0 Å².